The van der Waals surface area contributed by atoms with Crippen molar-refractivity contribution in [3.05, 3.63) is 181 Å². The smallest absolute Gasteiger partial charge is 0.0701 e. The average molecular weight is 690 g/mol. The van der Waals surface area contributed by atoms with Gasteiger partial charge in [0.15, 0.2) is 0 Å². The van der Waals surface area contributed by atoms with Gasteiger partial charge in [-0.3, -0.25) is 9.97 Å². The van der Waals surface area contributed by atoms with Crippen LogP contribution in [0.4, 0.5) is 0 Å². The Labute approximate surface area is 293 Å². The molecule has 0 bridgehead atoms. The average Bonchev–Trinajstić information content (AvgIpc) is 3.19. The van der Waals surface area contributed by atoms with Gasteiger partial charge in [0.1, 0.15) is 0 Å². The highest BCUT2D eigenvalue weighted by Crippen LogP contribution is 2.53. The van der Waals surface area contributed by atoms with E-state index in [2.05, 4.69) is 165 Å². The summed E-state index contributed by atoms with van der Waals surface area (Å²) in [6.45, 7) is 0. The number of rotatable bonds is 5. The van der Waals surface area contributed by atoms with Crippen molar-refractivity contribution < 1.29 is 0 Å². The summed E-state index contributed by atoms with van der Waals surface area (Å²) in [5, 5.41) is 7.42. The number of hydrogen-bond donors (Lipinski definition) is 0. The van der Waals surface area contributed by atoms with Gasteiger partial charge in [0.25, 0.3) is 0 Å². The van der Waals surface area contributed by atoms with Crippen LogP contribution in [-0.2, 0) is 0 Å². The van der Waals surface area contributed by atoms with Crippen LogP contribution in [0.3, 0.4) is 0 Å². The molecule has 2 heterocycles. The first kappa shape index (κ1) is 29.3. The van der Waals surface area contributed by atoms with E-state index in [0.717, 1.165) is 43.7 Å². The van der Waals surface area contributed by atoms with Gasteiger partial charge in [-0.25, -0.2) is 0 Å². The molecule has 9 rings (SSSR count). The number of aromatic nitrogens is 2. The molecule has 0 fully saturated rings. The zero-order valence-corrected chi connectivity index (χ0v) is 28.1. The lowest BCUT2D eigenvalue weighted by molar-refractivity contribution is 1.33. The summed E-state index contributed by atoms with van der Waals surface area (Å²) in [7, 11) is 0. The van der Waals surface area contributed by atoms with E-state index in [4.69, 9.17) is 0 Å². The standard InChI is InChI=1S/C46H29BrN2/c47-46-42(32-12-2-1-3-13-32)41(33-24-20-30(21-25-33)39-18-8-10-28-48-39)44-37-16-6-4-14-35(37)36-15-5-7-17-38(36)45(44)43(46)34-26-22-31(23-27-34)40-19-9-11-29-49-40/h1-29H. The molecule has 0 saturated carbocycles. The van der Waals surface area contributed by atoms with Crippen LogP contribution in [-0.4, -0.2) is 9.97 Å². The molecule has 7 aromatic carbocycles. The Kier molecular flexibility index (Phi) is 7.33. The van der Waals surface area contributed by atoms with Crippen molar-refractivity contribution in [1.29, 1.82) is 0 Å². The molecule has 0 unspecified atom stereocenters. The van der Waals surface area contributed by atoms with Gasteiger partial charge >= 0.3 is 0 Å². The summed E-state index contributed by atoms with van der Waals surface area (Å²) in [6, 6.07) is 58.3. The Balaban J connectivity index is 1.43. The second-order valence-electron chi connectivity index (χ2n) is 12.2. The highest BCUT2D eigenvalue weighted by atomic mass is 79.9. The second-order valence-corrected chi connectivity index (χ2v) is 13.0. The van der Waals surface area contributed by atoms with Gasteiger partial charge in [-0.2, -0.15) is 0 Å². The van der Waals surface area contributed by atoms with Crippen molar-refractivity contribution in [2.75, 3.05) is 0 Å². The van der Waals surface area contributed by atoms with Crippen molar-refractivity contribution >= 4 is 48.2 Å². The Hall–Kier alpha value is -5.90. The van der Waals surface area contributed by atoms with Gasteiger partial charge in [0.05, 0.1) is 11.4 Å². The van der Waals surface area contributed by atoms with Crippen LogP contribution in [0.2, 0.25) is 0 Å². The maximum absolute atomic E-state index is 4.61. The molecule has 3 heteroatoms. The van der Waals surface area contributed by atoms with E-state index < -0.39 is 0 Å². The third-order valence-corrected chi connectivity index (χ3v) is 10.2. The molecule has 2 aromatic heterocycles. The summed E-state index contributed by atoms with van der Waals surface area (Å²) in [5.41, 5.74) is 11.1. The molecule has 230 valence electrons. The molecule has 0 atom stereocenters. The third kappa shape index (κ3) is 5.02. The summed E-state index contributed by atoms with van der Waals surface area (Å²) >= 11 is 4.27. The first-order chi connectivity index (χ1) is 24.3. The van der Waals surface area contributed by atoms with Gasteiger partial charge in [0.2, 0.25) is 0 Å². The maximum Gasteiger partial charge on any atom is 0.0701 e. The Bertz CT molecular complexity index is 2620. The molecule has 0 aliphatic carbocycles. The van der Waals surface area contributed by atoms with Crippen molar-refractivity contribution in [2.45, 2.75) is 0 Å². The molecule has 0 spiro atoms. The number of nitrogens with zero attached hydrogens (tertiary/aromatic N) is 2. The Morgan fingerprint density at radius 2 is 0.694 bits per heavy atom. The zero-order chi connectivity index (χ0) is 32.7. The lowest BCUT2D eigenvalue weighted by Gasteiger charge is -2.24. The van der Waals surface area contributed by atoms with E-state index in [1.165, 1.54) is 49.0 Å². The van der Waals surface area contributed by atoms with Crippen LogP contribution in [0, 0.1) is 0 Å². The molecule has 0 N–H and O–H groups in total. The van der Waals surface area contributed by atoms with E-state index in [-0.39, 0.29) is 0 Å². The molecule has 0 saturated heterocycles. The van der Waals surface area contributed by atoms with E-state index >= 15 is 0 Å². The Morgan fingerprint density at radius 1 is 0.306 bits per heavy atom. The molecule has 2 nitrogen and oxygen atoms in total. The topological polar surface area (TPSA) is 25.8 Å². The number of fused-ring (bicyclic) bond motifs is 6. The van der Waals surface area contributed by atoms with Crippen LogP contribution < -0.4 is 0 Å². The van der Waals surface area contributed by atoms with Crippen molar-refractivity contribution in [1.82, 2.24) is 9.97 Å². The Morgan fingerprint density at radius 3 is 1.18 bits per heavy atom. The minimum atomic E-state index is 0.962. The normalized spacial score (nSPS) is 11.4. The number of pyridine rings is 2. The highest BCUT2D eigenvalue weighted by Gasteiger charge is 2.25. The minimum Gasteiger partial charge on any atom is -0.256 e. The molecule has 0 radical (unpaired) electrons. The first-order valence-corrected chi connectivity index (χ1v) is 17.2. The lowest BCUT2D eigenvalue weighted by atomic mass is 9.81. The maximum atomic E-state index is 4.61. The van der Waals surface area contributed by atoms with Crippen LogP contribution in [0.5, 0.6) is 0 Å². The van der Waals surface area contributed by atoms with Crippen LogP contribution in [0.15, 0.2) is 181 Å². The van der Waals surface area contributed by atoms with Crippen molar-refractivity contribution in [2.24, 2.45) is 0 Å². The molecule has 0 aliphatic heterocycles. The predicted octanol–water partition coefficient (Wildman–Crippen LogP) is 13.0. The van der Waals surface area contributed by atoms with Gasteiger partial charge < -0.3 is 0 Å². The van der Waals surface area contributed by atoms with E-state index in [1.54, 1.807) is 0 Å². The van der Waals surface area contributed by atoms with E-state index in [1.807, 2.05) is 36.7 Å². The van der Waals surface area contributed by atoms with Crippen LogP contribution >= 0.6 is 15.9 Å². The summed E-state index contributed by atoms with van der Waals surface area (Å²) in [5.74, 6) is 0. The highest BCUT2D eigenvalue weighted by molar-refractivity contribution is 9.10. The summed E-state index contributed by atoms with van der Waals surface area (Å²) < 4.78 is 1.07. The fourth-order valence-electron chi connectivity index (χ4n) is 7.25. The van der Waals surface area contributed by atoms with Gasteiger partial charge in [-0.05, 0) is 94.8 Å². The summed E-state index contributed by atoms with van der Waals surface area (Å²) in [4.78, 5) is 9.22. The second kappa shape index (κ2) is 12.3. The van der Waals surface area contributed by atoms with Crippen molar-refractivity contribution in [3.8, 4) is 55.9 Å². The van der Waals surface area contributed by atoms with Gasteiger partial charge in [0, 0.05) is 39.1 Å². The molecular formula is C46H29BrN2. The largest absolute Gasteiger partial charge is 0.256 e. The molecule has 0 amide bonds. The molecule has 0 aliphatic rings. The zero-order valence-electron chi connectivity index (χ0n) is 26.5. The fraction of sp³-hybridized carbons (Fsp3) is 0. The molecule has 49 heavy (non-hydrogen) atoms. The predicted molar refractivity (Wildman–Crippen MR) is 209 cm³/mol. The van der Waals surface area contributed by atoms with Crippen LogP contribution in [0.1, 0.15) is 0 Å². The minimum absolute atomic E-state index is 0.962. The SMILES string of the molecule is Brc1c(-c2ccccc2)c(-c2ccc(-c3ccccn3)cc2)c2c3ccccc3c3ccccc3c2c1-c1ccc(-c2ccccn2)cc1. The lowest BCUT2D eigenvalue weighted by Crippen LogP contribution is -1.97. The van der Waals surface area contributed by atoms with E-state index in [9.17, 15) is 0 Å². The number of halogens is 1. The van der Waals surface area contributed by atoms with Gasteiger partial charge in [-0.15, -0.1) is 0 Å². The van der Waals surface area contributed by atoms with E-state index in [0.29, 0.717) is 0 Å². The quantitative estimate of drug-likeness (QED) is 0.168. The van der Waals surface area contributed by atoms with Gasteiger partial charge in [-0.1, -0.05) is 140 Å². The monoisotopic (exact) mass is 688 g/mol. The van der Waals surface area contributed by atoms with Crippen molar-refractivity contribution in [3.63, 3.8) is 0 Å². The molecular weight excluding hydrogens is 660 g/mol. The third-order valence-electron chi connectivity index (χ3n) is 9.45. The molecule has 9 aromatic rings. The number of hydrogen-bond acceptors (Lipinski definition) is 2. The van der Waals surface area contributed by atoms with Crippen LogP contribution in [0.25, 0.3) is 88.2 Å². The number of benzene rings is 7. The fourth-order valence-corrected chi connectivity index (χ4v) is 8.10. The first-order valence-electron chi connectivity index (χ1n) is 16.4. The summed E-state index contributed by atoms with van der Waals surface area (Å²) in [6.07, 6.45) is 3.69.